The van der Waals surface area contributed by atoms with Crippen LogP contribution in [0.25, 0.3) is 0 Å². The highest BCUT2D eigenvalue weighted by atomic mass is 79.9. The second kappa shape index (κ2) is 9.60. The molecule has 15 heavy (non-hydrogen) atoms. The van der Waals surface area contributed by atoms with Gasteiger partial charge in [0.2, 0.25) is 0 Å². The van der Waals surface area contributed by atoms with E-state index in [0.29, 0.717) is 6.42 Å². The van der Waals surface area contributed by atoms with Crippen LogP contribution in [0.5, 0.6) is 0 Å². The van der Waals surface area contributed by atoms with E-state index in [1.807, 2.05) is 0 Å². The Bertz CT molecular complexity index is 227. The lowest BCUT2D eigenvalue weighted by molar-refractivity contribution is 0.478. The van der Waals surface area contributed by atoms with Gasteiger partial charge in [0, 0.05) is 5.33 Å². The van der Waals surface area contributed by atoms with Crippen LogP contribution in [-0.2, 0) is 10.1 Å². The fourth-order valence-electron chi connectivity index (χ4n) is 1.44. The number of halogens is 1. The van der Waals surface area contributed by atoms with Crippen LogP contribution in [0.4, 0.5) is 0 Å². The molecule has 0 aromatic heterocycles. The number of hydrogen-bond acceptors (Lipinski definition) is 2. The van der Waals surface area contributed by atoms with E-state index in [9.17, 15) is 8.42 Å². The third kappa shape index (κ3) is 14.4. The second-order valence-corrected chi connectivity index (χ2v) is 6.17. The lowest BCUT2D eigenvalue weighted by atomic mass is 10.1. The number of rotatable bonds is 10. The maximum Gasteiger partial charge on any atom is 0.264 e. The predicted molar refractivity (Wildman–Crippen MR) is 67.1 cm³/mol. The average molecular weight is 301 g/mol. The maximum atomic E-state index is 10.4. The van der Waals surface area contributed by atoms with E-state index in [2.05, 4.69) is 15.9 Å². The minimum absolute atomic E-state index is 0.0867. The Morgan fingerprint density at radius 3 is 1.60 bits per heavy atom. The molecule has 92 valence electrons. The van der Waals surface area contributed by atoms with Crippen LogP contribution in [0, 0.1) is 0 Å². The van der Waals surface area contributed by atoms with Crippen LogP contribution in [0.15, 0.2) is 0 Å². The van der Waals surface area contributed by atoms with Gasteiger partial charge in [-0.05, 0) is 12.8 Å². The third-order valence-electron chi connectivity index (χ3n) is 2.29. The van der Waals surface area contributed by atoms with E-state index >= 15 is 0 Å². The second-order valence-electron chi connectivity index (χ2n) is 3.80. The van der Waals surface area contributed by atoms with Crippen molar-refractivity contribution in [3.63, 3.8) is 0 Å². The molecule has 0 fully saturated rings. The van der Waals surface area contributed by atoms with Crippen LogP contribution in [0.1, 0.15) is 51.4 Å². The summed E-state index contributed by atoms with van der Waals surface area (Å²) in [6.07, 6.45) is 8.75. The molecule has 0 amide bonds. The van der Waals surface area contributed by atoms with Crippen LogP contribution in [0.3, 0.4) is 0 Å². The molecule has 1 N–H and O–H groups in total. The van der Waals surface area contributed by atoms with Gasteiger partial charge in [-0.15, -0.1) is 0 Å². The highest BCUT2D eigenvalue weighted by molar-refractivity contribution is 9.09. The molecule has 0 aliphatic rings. The molecule has 3 nitrogen and oxygen atoms in total. The first-order valence-electron chi connectivity index (χ1n) is 5.57. The molecule has 0 aliphatic carbocycles. The van der Waals surface area contributed by atoms with Gasteiger partial charge < -0.3 is 0 Å². The van der Waals surface area contributed by atoms with Gasteiger partial charge in [0.25, 0.3) is 10.1 Å². The zero-order valence-corrected chi connectivity index (χ0v) is 11.5. The number of unbranched alkanes of at least 4 members (excludes halogenated alkanes) is 7. The van der Waals surface area contributed by atoms with Crippen LogP contribution >= 0.6 is 15.9 Å². The quantitative estimate of drug-likeness (QED) is 0.382. The molecule has 0 aromatic carbocycles. The summed E-state index contributed by atoms with van der Waals surface area (Å²) >= 11 is 3.39. The lowest BCUT2D eigenvalue weighted by Crippen LogP contribution is -2.03. The molecule has 0 spiro atoms. The Balaban J connectivity index is 3.06. The highest BCUT2D eigenvalue weighted by Crippen LogP contribution is 2.09. The van der Waals surface area contributed by atoms with Crippen molar-refractivity contribution in [1.82, 2.24) is 0 Å². The van der Waals surface area contributed by atoms with Crippen LogP contribution in [-0.4, -0.2) is 24.1 Å². The molecule has 0 heterocycles. The van der Waals surface area contributed by atoms with Crippen molar-refractivity contribution in [2.24, 2.45) is 0 Å². The normalized spacial score (nSPS) is 11.9. The Labute approximate surface area is 102 Å². The molecule has 0 rings (SSSR count). The molecule has 0 bridgehead atoms. The van der Waals surface area contributed by atoms with Crippen molar-refractivity contribution in [3.05, 3.63) is 0 Å². The lowest BCUT2D eigenvalue weighted by Gasteiger charge is -2.00. The van der Waals surface area contributed by atoms with Gasteiger partial charge in [0.1, 0.15) is 0 Å². The zero-order chi connectivity index (χ0) is 11.6. The molecule has 0 atom stereocenters. The smallest absolute Gasteiger partial charge is 0.264 e. The van der Waals surface area contributed by atoms with Gasteiger partial charge in [-0.3, -0.25) is 4.55 Å². The van der Waals surface area contributed by atoms with E-state index in [1.54, 1.807) is 0 Å². The summed E-state index contributed by atoms with van der Waals surface area (Å²) in [5, 5.41) is 1.08. The minimum atomic E-state index is -3.73. The van der Waals surface area contributed by atoms with Crippen molar-refractivity contribution in [2.75, 3.05) is 11.1 Å². The van der Waals surface area contributed by atoms with E-state index in [4.69, 9.17) is 4.55 Å². The number of hydrogen-bond donors (Lipinski definition) is 1. The molecule has 0 radical (unpaired) electrons. The summed E-state index contributed by atoms with van der Waals surface area (Å²) in [5.41, 5.74) is 0. The summed E-state index contributed by atoms with van der Waals surface area (Å²) in [6.45, 7) is 0. The van der Waals surface area contributed by atoms with E-state index in [1.165, 1.54) is 32.1 Å². The molecular weight excluding hydrogens is 280 g/mol. The summed E-state index contributed by atoms with van der Waals surface area (Å²) in [4.78, 5) is 0. The maximum absolute atomic E-state index is 10.4. The first-order valence-corrected chi connectivity index (χ1v) is 8.30. The van der Waals surface area contributed by atoms with Crippen molar-refractivity contribution >= 4 is 26.0 Å². The van der Waals surface area contributed by atoms with Gasteiger partial charge >= 0.3 is 0 Å². The Morgan fingerprint density at radius 1 is 0.800 bits per heavy atom. The fourth-order valence-corrected chi connectivity index (χ4v) is 2.41. The van der Waals surface area contributed by atoms with Gasteiger partial charge in [0.05, 0.1) is 5.75 Å². The Hall–Kier alpha value is 0.390. The summed E-state index contributed by atoms with van der Waals surface area (Å²) in [6, 6.07) is 0. The molecule has 0 saturated carbocycles. The van der Waals surface area contributed by atoms with Crippen molar-refractivity contribution in [2.45, 2.75) is 51.4 Å². The van der Waals surface area contributed by atoms with Crippen molar-refractivity contribution < 1.29 is 13.0 Å². The van der Waals surface area contributed by atoms with Gasteiger partial charge in [-0.25, -0.2) is 0 Å². The highest BCUT2D eigenvalue weighted by Gasteiger charge is 2.02. The van der Waals surface area contributed by atoms with Crippen LogP contribution < -0.4 is 0 Å². The average Bonchev–Trinajstić information content (AvgIpc) is 2.14. The van der Waals surface area contributed by atoms with Gasteiger partial charge in [-0.2, -0.15) is 8.42 Å². The monoisotopic (exact) mass is 300 g/mol. The Morgan fingerprint density at radius 2 is 1.20 bits per heavy atom. The zero-order valence-electron chi connectivity index (χ0n) is 9.12. The van der Waals surface area contributed by atoms with E-state index in [0.717, 1.165) is 18.2 Å². The molecule has 0 unspecified atom stereocenters. The molecule has 0 aliphatic heterocycles. The topological polar surface area (TPSA) is 54.4 Å². The number of alkyl halides is 1. The van der Waals surface area contributed by atoms with E-state index < -0.39 is 10.1 Å². The van der Waals surface area contributed by atoms with Gasteiger partial charge in [0.15, 0.2) is 0 Å². The van der Waals surface area contributed by atoms with Gasteiger partial charge in [-0.1, -0.05) is 54.5 Å². The summed E-state index contributed by atoms with van der Waals surface area (Å²) < 4.78 is 29.3. The standard InChI is InChI=1S/C10H21BrO3S/c11-9-7-5-3-1-2-4-6-8-10-15(12,13)14/h1-10H2,(H,12,13,14). The summed E-state index contributed by atoms with van der Waals surface area (Å²) in [7, 11) is -3.73. The molecule has 0 saturated heterocycles. The third-order valence-corrected chi connectivity index (χ3v) is 3.65. The largest absolute Gasteiger partial charge is 0.286 e. The van der Waals surface area contributed by atoms with Crippen molar-refractivity contribution in [3.8, 4) is 0 Å². The van der Waals surface area contributed by atoms with Crippen molar-refractivity contribution in [1.29, 1.82) is 0 Å². The first kappa shape index (κ1) is 15.4. The fraction of sp³-hybridized carbons (Fsp3) is 1.00. The SMILES string of the molecule is O=S(=O)(O)CCCCCCCCCCBr. The molecular formula is C10H21BrO3S. The summed E-state index contributed by atoms with van der Waals surface area (Å²) in [5.74, 6) is -0.0867. The molecule has 0 aromatic rings. The predicted octanol–water partition coefficient (Wildman–Crippen LogP) is 3.39. The van der Waals surface area contributed by atoms with E-state index in [-0.39, 0.29) is 5.75 Å². The molecule has 5 heteroatoms. The Kier molecular flexibility index (Phi) is 9.85. The first-order chi connectivity index (χ1) is 7.06. The minimum Gasteiger partial charge on any atom is -0.286 e. The van der Waals surface area contributed by atoms with Crippen LogP contribution in [0.2, 0.25) is 0 Å².